The molecular weight excluding hydrogens is 212 g/mol. The molecule has 0 unspecified atom stereocenters. The van der Waals surface area contributed by atoms with Gasteiger partial charge in [-0.25, -0.2) is 0 Å². The van der Waals surface area contributed by atoms with Gasteiger partial charge in [-0.2, -0.15) is 0 Å². The van der Waals surface area contributed by atoms with Crippen LogP contribution in [0.25, 0.3) is 0 Å². The third-order valence-corrected chi connectivity index (χ3v) is 2.47. The van der Waals surface area contributed by atoms with Gasteiger partial charge < -0.3 is 5.32 Å². The predicted molar refractivity (Wildman–Crippen MR) is 70.7 cm³/mol. The Morgan fingerprint density at radius 3 is 2.65 bits per heavy atom. The Morgan fingerprint density at radius 2 is 2.06 bits per heavy atom. The Labute approximate surface area is 103 Å². The summed E-state index contributed by atoms with van der Waals surface area (Å²) >= 11 is 0. The molecule has 0 bridgehead atoms. The minimum absolute atomic E-state index is 0.0948. The van der Waals surface area contributed by atoms with E-state index in [9.17, 15) is 4.79 Å². The van der Waals surface area contributed by atoms with Crippen LogP contribution in [0.15, 0.2) is 24.3 Å². The molecule has 17 heavy (non-hydrogen) atoms. The van der Waals surface area contributed by atoms with Gasteiger partial charge in [0.1, 0.15) is 0 Å². The van der Waals surface area contributed by atoms with Crippen LogP contribution in [0.3, 0.4) is 0 Å². The highest BCUT2D eigenvalue weighted by Crippen LogP contribution is 2.12. The lowest BCUT2D eigenvalue weighted by Crippen LogP contribution is -2.42. The van der Waals surface area contributed by atoms with Crippen molar-refractivity contribution in [2.75, 3.05) is 11.9 Å². The molecule has 0 saturated heterocycles. The van der Waals surface area contributed by atoms with E-state index in [1.165, 1.54) is 0 Å². The second-order valence-corrected chi connectivity index (χ2v) is 4.49. The molecule has 0 aromatic heterocycles. The van der Waals surface area contributed by atoms with Crippen LogP contribution >= 0.6 is 0 Å². The van der Waals surface area contributed by atoms with Crippen LogP contribution in [0.2, 0.25) is 0 Å². The van der Waals surface area contributed by atoms with Crippen molar-refractivity contribution in [3.63, 3.8) is 0 Å². The fourth-order valence-corrected chi connectivity index (χ4v) is 1.26. The highest BCUT2D eigenvalue weighted by Gasteiger charge is 2.14. The summed E-state index contributed by atoms with van der Waals surface area (Å²) in [6.45, 7) is 5.86. The Bertz CT molecular complexity index is 444. The van der Waals surface area contributed by atoms with Crippen molar-refractivity contribution in [1.82, 2.24) is 5.32 Å². The second kappa shape index (κ2) is 5.51. The van der Waals surface area contributed by atoms with Gasteiger partial charge in [-0.1, -0.05) is 24.1 Å². The number of terminal acetylenes is 1. The third kappa shape index (κ3) is 4.29. The maximum Gasteiger partial charge on any atom is 0.238 e. The van der Waals surface area contributed by atoms with Gasteiger partial charge in [-0.3, -0.25) is 10.1 Å². The van der Waals surface area contributed by atoms with Gasteiger partial charge in [0, 0.05) is 5.69 Å². The van der Waals surface area contributed by atoms with Crippen LogP contribution in [0.4, 0.5) is 5.69 Å². The van der Waals surface area contributed by atoms with Gasteiger partial charge in [0.15, 0.2) is 0 Å². The zero-order valence-corrected chi connectivity index (χ0v) is 10.5. The van der Waals surface area contributed by atoms with E-state index in [0.717, 1.165) is 11.3 Å². The predicted octanol–water partition coefficient (Wildman–Crippen LogP) is 1.93. The van der Waals surface area contributed by atoms with Crippen molar-refractivity contribution in [2.24, 2.45) is 0 Å². The van der Waals surface area contributed by atoms with Gasteiger partial charge >= 0.3 is 0 Å². The summed E-state index contributed by atoms with van der Waals surface area (Å²) in [6, 6.07) is 7.65. The largest absolute Gasteiger partial charge is 0.325 e. The quantitative estimate of drug-likeness (QED) is 0.776. The summed E-state index contributed by atoms with van der Waals surface area (Å²) in [6.07, 6.45) is 5.32. The van der Waals surface area contributed by atoms with E-state index >= 15 is 0 Å². The fraction of sp³-hybridized carbons (Fsp3) is 0.357. The molecule has 0 spiro atoms. The first-order chi connectivity index (χ1) is 7.94. The van der Waals surface area contributed by atoms with Gasteiger partial charge in [-0.05, 0) is 32.4 Å². The number of benzene rings is 1. The molecule has 90 valence electrons. The zero-order valence-electron chi connectivity index (χ0n) is 10.5. The molecule has 0 atom stereocenters. The number of carbonyl (C=O) groups excluding carboxylic acids is 1. The minimum Gasteiger partial charge on any atom is -0.325 e. The molecule has 1 rings (SSSR count). The lowest BCUT2D eigenvalue weighted by atomic mass is 10.1. The number of anilines is 1. The first-order valence-electron chi connectivity index (χ1n) is 5.53. The Kier molecular flexibility index (Phi) is 4.30. The fourth-order valence-electron chi connectivity index (χ4n) is 1.26. The molecule has 3 heteroatoms. The number of amides is 1. The van der Waals surface area contributed by atoms with E-state index in [-0.39, 0.29) is 12.5 Å². The van der Waals surface area contributed by atoms with E-state index in [2.05, 4.69) is 16.6 Å². The van der Waals surface area contributed by atoms with Crippen molar-refractivity contribution >= 4 is 11.6 Å². The summed E-state index contributed by atoms with van der Waals surface area (Å²) in [7, 11) is 0. The number of hydrogen-bond acceptors (Lipinski definition) is 2. The standard InChI is InChI=1S/C14H18N2O/c1-5-14(3,4)15-10-13(17)16-12-9-7-6-8-11(12)2/h1,6-9,15H,10H2,2-4H3,(H,16,17). The molecule has 0 aliphatic heterocycles. The lowest BCUT2D eigenvalue weighted by molar-refractivity contribution is -0.115. The first-order valence-corrected chi connectivity index (χ1v) is 5.53. The molecule has 0 saturated carbocycles. The molecule has 1 aromatic carbocycles. The Balaban J connectivity index is 2.52. The van der Waals surface area contributed by atoms with E-state index in [1.54, 1.807) is 0 Å². The average Bonchev–Trinajstić information content (AvgIpc) is 2.30. The Morgan fingerprint density at radius 1 is 1.41 bits per heavy atom. The maximum atomic E-state index is 11.7. The van der Waals surface area contributed by atoms with Crippen molar-refractivity contribution < 1.29 is 4.79 Å². The van der Waals surface area contributed by atoms with E-state index in [0.29, 0.717) is 0 Å². The molecule has 2 N–H and O–H groups in total. The van der Waals surface area contributed by atoms with Gasteiger partial charge in [0.05, 0.1) is 12.1 Å². The molecule has 0 aliphatic rings. The topological polar surface area (TPSA) is 41.1 Å². The van der Waals surface area contributed by atoms with Crippen LogP contribution in [-0.4, -0.2) is 18.0 Å². The zero-order chi connectivity index (χ0) is 12.9. The molecule has 3 nitrogen and oxygen atoms in total. The molecule has 0 fully saturated rings. The lowest BCUT2D eigenvalue weighted by Gasteiger charge is -2.19. The van der Waals surface area contributed by atoms with Gasteiger partial charge in [0.25, 0.3) is 0 Å². The summed E-state index contributed by atoms with van der Waals surface area (Å²) in [4.78, 5) is 11.7. The number of aryl methyl sites for hydroxylation is 1. The van der Waals surface area contributed by atoms with Crippen LogP contribution < -0.4 is 10.6 Å². The second-order valence-electron chi connectivity index (χ2n) is 4.49. The summed E-state index contributed by atoms with van der Waals surface area (Å²) in [5.74, 6) is 2.49. The van der Waals surface area contributed by atoms with Crippen molar-refractivity contribution in [3.05, 3.63) is 29.8 Å². The number of nitrogens with one attached hydrogen (secondary N) is 2. The summed E-state index contributed by atoms with van der Waals surface area (Å²) in [5, 5.41) is 5.84. The number of carbonyl (C=O) groups is 1. The van der Waals surface area contributed by atoms with Crippen molar-refractivity contribution in [2.45, 2.75) is 26.3 Å². The van der Waals surface area contributed by atoms with Crippen LogP contribution in [0.5, 0.6) is 0 Å². The first kappa shape index (κ1) is 13.3. The van der Waals surface area contributed by atoms with Crippen molar-refractivity contribution in [1.29, 1.82) is 0 Å². The van der Waals surface area contributed by atoms with Crippen LogP contribution in [0.1, 0.15) is 19.4 Å². The van der Waals surface area contributed by atoms with Gasteiger partial charge in [-0.15, -0.1) is 6.42 Å². The minimum atomic E-state index is -0.469. The average molecular weight is 230 g/mol. The van der Waals surface area contributed by atoms with Crippen LogP contribution in [-0.2, 0) is 4.79 Å². The summed E-state index contributed by atoms with van der Waals surface area (Å²) < 4.78 is 0. The number of para-hydroxylation sites is 1. The van der Waals surface area contributed by atoms with Crippen molar-refractivity contribution in [3.8, 4) is 12.3 Å². The van der Waals surface area contributed by atoms with Gasteiger partial charge in [0.2, 0.25) is 5.91 Å². The summed E-state index contributed by atoms with van der Waals surface area (Å²) in [5.41, 5.74) is 1.40. The normalized spacial score (nSPS) is 10.7. The molecular formula is C14H18N2O. The number of rotatable bonds is 4. The molecule has 0 aliphatic carbocycles. The molecule has 1 aromatic rings. The highest BCUT2D eigenvalue weighted by molar-refractivity contribution is 5.93. The van der Waals surface area contributed by atoms with E-state index in [1.807, 2.05) is 45.0 Å². The van der Waals surface area contributed by atoms with E-state index in [4.69, 9.17) is 6.42 Å². The molecule has 0 radical (unpaired) electrons. The monoisotopic (exact) mass is 230 g/mol. The smallest absolute Gasteiger partial charge is 0.238 e. The third-order valence-electron chi connectivity index (χ3n) is 2.47. The van der Waals surface area contributed by atoms with E-state index < -0.39 is 5.54 Å². The maximum absolute atomic E-state index is 11.7. The SMILES string of the molecule is C#CC(C)(C)NCC(=O)Nc1ccccc1C. The number of hydrogen-bond donors (Lipinski definition) is 2. The van der Waals surface area contributed by atoms with Crippen LogP contribution in [0, 0.1) is 19.3 Å². The Hall–Kier alpha value is -1.79. The molecule has 0 heterocycles. The molecule has 1 amide bonds. The highest BCUT2D eigenvalue weighted by atomic mass is 16.1.